The second-order valence-electron chi connectivity index (χ2n) is 6.13. The van der Waals surface area contributed by atoms with Crippen LogP contribution in [0.25, 0.3) is 0 Å². The molecule has 2 rings (SSSR count). The van der Waals surface area contributed by atoms with E-state index in [0.29, 0.717) is 11.3 Å². The van der Waals surface area contributed by atoms with Crippen molar-refractivity contribution in [3.8, 4) is 0 Å². The summed E-state index contributed by atoms with van der Waals surface area (Å²) in [6, 6.07) is 0. The Morgan fingerprint density at radius 2 is 2.11 bits per heavy atom. The fourth-order valence-corrected chi connectivity index (χ4v) is 3.73. The number of imidazole rings is 1. The van der Waals surface area contributed by atoms with Crippen LogP contribution in [-0.4, -0.2) is 14.7 Å². The molecule has 0 aliphatic heterocycles. The largest absolute Gasteiger partial charge is 0.390 e. The lowest BCUT2D eigenvalue weighted by Gasteiger charge is -2.32. The van der Waals surface area contributed by atoms with Gasteiger partial charge in [0.1, 0.15) is 0 Å². The highest BCUT2D eigenvalue weighted by Gasteiger charge is 2.35. The molecule has 0 saturated heterocycles. The monoisotopic (exact) mass is 268 g/mol. The molecule has 0 aromatic carbocycles. The van der Waals surface area contributed by atoms with E-state index in [-0.39, 0.29) is 6.61 Å². The predicted molar refractivity (Wildman–Crippen MR) is 75.9 cm³/mol. The zero-order valence-corrected chi connectivity index (χ0v) is 12.2. The third-order valence-electron chi connectivity index (χ3n) is 4.12. The first-order chi connectivity index (χ1) is 8.56. The molecule has 1 saturated carbocycles. The molecular formula is C14H24N2OS. The molecule has 0 unspecified atom stereocenters. The summed E-state index contributed by atoms with van der Waals surface area (Å²) in [6.07, 6.45) is 8.34. The van der Waals surface area contributed by atoms with Crippen molar-refractivity contribution in [2.75, 3.05) is 0 Å². The highest BCUT2D eigenvalue weighted by atomic mass is 32.1. The molecule has 2 N–H and O–H groups in total. The van der Waals surface area contributed by atoms with Crippen LogP contribution in [0.15, 0.2) is 6.20 Å². The average Bonchev–Trinajstić information content (AvgIpc) is 2.88. The lowest BCUT2D eigenvalue weighted by molar-refractivity contribution is 0.187. The fraction of sp³-hybridized carbons (Fsp3) is 0.786. The smallest absolute Gasteiger partial charge is 0.177 e. The minimum atomic E-state index is 0.0604. The Balaban J connectivity index is 2.23. The Bertz CT molecular complexity index is 441. The Kier molecular flexibility index (Phi) is 4.28. The number of aromatic amines is 1. The quantitative estimate of drug-likeness (QED) is 0.800. The van der Waals surface area contributed by atoms with Crippen LogP contribution in [0.5, 0.6) is 0 Å². The number of aliphatic hydroxyl groups excluding tert-OH is 1. The second-order valence-corrected chi connectivity index (χ2v) is 6.52. The van der Waals surface area contributed by atoms with E-state index in [1.807, 2.05) is 6.20 Å². The third-order valence-corrected chi connectivity index (χ3v) is 4.45. The topological polar surface area (TPSA) is 41.0 Å². The van der Waals surface area contributed by atoms with E-state index < -0.39 is 0 Å². The lowest BCUT2D eigenvalue weighted by Crippen LogP contribution is -2.26. The number of hydrogen-bond donors (Lipinski definition) is 2. The summed E-state index contributed by atoms with van der Waals surface area (Å²) < 4.78 is 2.84. The van der Waals surface area contributed by atoms with Crippen LogP contribution >= 0.6 is 12.2 Å². The van der Waals surface area contributed by atoms with E-state index >= 15 is 0 Å². The van der Waals surface area contributed by atoms with Gasteiger partial charge in [-0.15, -0.1) is 0 Å². The first kappa shape index (κ1) is 13.8. The van der Waals surface area contributed by atoms with Gasteiger partial charge in [0.2, 0.25) is 0 Å². The minimum absolute atomic E-state index is 0.0604. The fourth-order valence-electron chi connectivity index (χ4n) is 3.49. The lowest BCUT2D eigenvalue weighted by atomic mass is 9.78. The summed E-state index contributed by atoms with van der Waals surface area (Å²) >= 11 is 5.33. The first-order valence-electron chi connectivity index (χ1n) is 6.94. The molecule has 0 radical (unpaired) electrons. The summed E-state index contributed by atoms with van der Waals surface area (Å²) in [6.45, 7) is 5.61. The minimum Gasteiger partial charge on any atom is -0.390 e. The van der Waals surface area contributed by atoms with Gasteiger partial charge < -0.3 is 14.7 Å². The molecular weight excluding hydrogens is 244 g/mol. The van der Waals surface area contributed by atoms with Crippen molar-refractivity contribution in [2.45, 2.75) is 59.1 Å². The van der Waals surface area contributed by atoms with Gasteiger partial charge in [-0.1, -0.05) is 26.7 Å². The molecule has 1 aromatic heterocycles. The maximum absolute atomic E-state index is 9.38. The van der Waals surface area contributed by atoms with E-state index in [1.54, 1.807) is 0 Å². The number of rotatable bonds is 5. The summed E-state index contributed by atoms with van der Waals surface area (Å²) in [5, 5.41) is 9.38. The van der Waals surface area contributed by atoms with E-state index in [0.717, 1.165) is 17.0 Å². The Morgan fingerprint density at radius 1 is 1.44 bits per heavy atom. The van der Waals surface area contributed by atoms with Crippen molar-refractivity contribution in [3.63, 3.8) is 0 Å². The van der Waals surface area contributed by atoms with Crippen LogP contribution in [0.1, 0.15) is 51.6 Å². The van der Waals surface area contributed by atoms with E-state index in [9.17, 15) is 5.11 Å². The maximum atomic E-state index is 9.38. The van der Waals surface area contributed by atoms with Gasteiger partial charge in [0, 0.05) is 12.7 Å². The van der Waals surface area contributed by atoms with Gasteiger partial charge in [0.05, 0.1) is 12.3 Å². The Morgan fingerprint density at radius 3 is 2.67 bits per heavy atom. The molecule has 3 nitrogen and oxygen atoms in total. The van der Waals surface area contributed by atoms with Crippen molar-refractivity contribution >= 4 is 12.2 Å². The third kappa shape index (κ3) is 2.86. The number of H-pyrrole nitrogens is 1. The molecule has 102 valence electrons. The Labute approximate surface area is 114 Å². The summed E-state index contributed by atoms with van der Waals surface area (Å²) in [5.74, 6) is 0.716. The highest BCUT2D eigenvalue weighted by Crippen LogP contribution is 2.44. The molecule has 0 amide bonds. The zero-order chi connectivity index (χ0) is 13.2. The Hall–Kier alpha value is -0.610. The van der Waals surface area contributed by atoms with Gasteiger partial charge in [0.25, 0.3) is 0 Å². The van der Waals surface area contributed by atoms with Gasteiger partial charge in [-0.05, 0) is 42.8 Å². The van der Waals surface area contributed by atoms with Gasteiger partial charge >= 0.3 is 0 Å². The van der Waals surface area contributed by atoms with Crippen molar-refractivity contribution in [1.29, 1.82) is 0 Å². The zero-order valence-electron chi connectivity index (χ0n) is 11.4. The average molecular weight is 268 g/mol. The molecule has 1 aliphatic carbocycles. The molecule has 1 fully saturated rings. The molecule has 1 aromatic rings. The van der Waals surface area contributed by atoms with Gasteiger partial charge in [0.15, 0.2) is 4.77 Å². The number of nitrogens with zero attached hydrogens (tertiary/aromatic N) is 1. The molecule has 1 aliphatic rings. The second kappa shape index (κ2) is 5.57. The van der Waals surface area contributed by atoms with Crippen LogP contribution in [0.4, 0.5) is 0 Å². The van der Waals surface area contributed by atoms with Crippen LogP contribution in [0.2, 0.25) is 0 Å². The number of nitrogens with one attached hydrogen (secondary N) is 1. The highest BCUT2D eigenvalue weighted by molar-refractivity contribution is 7.71. The van der Waals surface area contributed by atoms with Crippen LogP contribution < -0.4 is 0 Å². The molecule has 1 heterocycles. The SMILES string of the molecule is CC(C)CC1(Cn2c(CO)c[nH]c2=S)CCCC1. The first-order valence-corrected chi connectivity index (χ1v) is 7.35. The van der Waals surface area contributed by atoms with Gasteiger partial charge in [-0.3, -0.25) is 0 Å². The van der Waals surface area contributed by atoms with Crippen molar-refractivity contribution in [3.05, 3.63) is 16.7 Å². The van der Waals surface area contributed by atoms with E-state index in [1.165, 1.54) is 32.1 Å². The van der Waals surface area contributed by atoms with Crippen LogP contribution in [0, 0.1) is 16.1 Å². The molecule has 0 bridgehead atoms. The van der Waals surface area contributed by atoms with E-state index in [4.69, 9.17) is 12.2 Å². The number of aromatic nitrogens is 2. The molecule has 4 heteroatoms. The maximum Gasteiger partial charge on any atom is 0.177 e. The summed E-state index contributed by atoms with van der Waals surface area (Å²) in [4.78, 5) is 3.05. The van der Waals surface area contributed by atoms with Gasteiger partial charge in [-0.25, -0.2) is 0 Å². The van der Waals surface area contributed by atoms with Crippen molar-refractivity contribution in [1.82, 2.24) is 9.55 Å². The van der Waals surface area contributed by atoms with Crippen molar-refractivity contribution < 1.29 is 5.11 Å². The normalized spacial score (nSPS) is 18.7. The van der Waals surface area contributed by atoms with Crippen LogP contribution in [-0.2, 0) is 13.2 Å². The number of aliphatic hydroxyl groups is 1. The number of hydrogen-bond acceptors (Lipinski definition) is 2. The standard InChI is InChI=1S/C14H24N2OS/c1-11(2)7-14(5-3-4-6-14)10-16-12(9-17)8-15-13(16)18/h8,11,17H,3-7,9-10H2,1-2H3,(H,15,18). The van der Waals surface area contributed by atoms with E-state index in [2.05, 4.69) is 23.4 Å². The predicted octanol–water partition coefficient (Wildman–Crippen LogP) is 3.64. The molecule has 0 spiro atoms. The molecule has 18 heavy (non-hydrogen) atoms. The summed E-state index contributed by atoms with van der Waals surface area (Å²) in [5.41, 5.74) is 1.30. The molecule has 0 atom stereocenters. The van der Waals surface area contributed by atoms with Crippen LogP contribution in [0.3, 0.4) is 0 Å². The van der Waals surface area contributed by atoms with Gasteiger partial charge in [-0.2, -0.15) is 0 Å². The summed E-state index contributed by atoms with van der Waals surface area (Å²) in [7, 11) is 0. The van der Waals surface area contributed by atoms with Crippen molar-refractivity contribution in [2.24, 2.45) is 11.3 Å².